The van der Waals surface area contributed by atoms with Crippen molar-refractivity contribution in [2.24, 2.45) is 5.92 Å². The molecule has 0 radical (unpaired) electrons. The number of benzene rings is 1. The van der Waals surface area contributed by atoms with Crippen LogP contribution in [0.25, 0.3) is 6.08 Å². The molecule has 0 atom stereocenters. The van der Waals surface area contributed by atoms with Crippen LogP contribution in [0, 0.1) is 5.92 Å². The van der Waals surface area contributed by atoms with Gasteiger partial charge in [-0.25, -0.2) is 0 Å². The molecule has 2 aliphatic carbocycles. The standard InChI is InChI=1S/C12H11Cl/c13-12-3-1-2-9-6-10(7-11(9)12)8-4-5-8/h1-3,6,8H,4-5,7H2. The fourth-order valence-corrected chi connectivity index (χ4v) is 2.32. The predicted octanol–water partition coefficient (Wildman–Crippen LogP) is 3.69. The van der Waals surface area contributed by atoms with Crippen molar-refractivity contribution < 1.29 is 0 Å². The maximum Gasteiger partial charge on any atom is 0.0447 e. The number of allylic oxidation sites excluding steroid dienone is 1. The zero-order valence-corrected chi connectivity index (χ0v) is 8.14. The summed E-state index contributed by atoms with van der Waals surface area (Å²) in [5.41, 5.74) is 4.28. The van der Waals surface area contributed by atoms with Crippen LogP contribution in [0.15, 0.2) is 23.8 Å². The molecule has 1 heteroatoms. The summed E-state index contributed by atoms with van der Waals surface area (Å²) in [5, 5.41) is 0.935. The van der Waals surface area contributed by atoms with Crippen LogP contribution < -0.4 is 0 Å². The van der Waals surface area contributed by atoms with E-state index in [-0.39, 0.29) is 0 Å². The molecule has 0 aliphatic heterocycles. The Morgan fingerprint density at radius 1 is 1.23 bits per heavy atom. The third-order valence-electron chi connectivity index (χ3n) is 2.98. The fraction of sp³-hybridized carbons (Fsp3) is 0.333. The Labute approximate surface area is 83.2 Å². The van der Waals surface area contributed by atoms with Crippen LogP contribution in [0.5, 0.6) is 0 Å². The van der Waals surface area contributed by atoms with Gasteiger partial charge in [0.25, 0.3) is 0 Å². The first-order valence-corrected chi connectivity index (χ1v) is 5.20. The van der Waals surface area contributed by atoms with Gasteiger partial charge in [-0.2, -0.15) is 0 Å². The second-order valence-corrected chi connectivity index (χ2v) is 4.39. The van der Waals surface area contributed by atoms with Crippen LogP contribution in [-0.4, -0.2) is 0 Å². The molecule has 0 heterocycles. The van der Waals surface area contributed by atoms with Gasteiger partial charge in [0.2, 0.25) is 0 Å². The van der Waals surface area contributed by atoms with Crippen molar-refractivity contribution in [2.45, 2.75) is 19.3 Å². The minimum Gasteiger partial charge on any atom is -0.0840 e. The van der Waals surface area contributed by atoms with Crippen LogP contribution in [0.3, 0.4) is 0 Å². The summed E-state index contributed by atoms with van der Waals surface area (Å²) >= 11 is 6.13. The zero-order valence-electron chi connectivity index (χ0n) is 7.39. The van der Waals surface area contributed by atoms with Gasteiger partial charge in [-0.15, -0.1) is 0 Å². The van der Waals surface area contributed by atoms with Crippen molar-refractivity contribution in [2.75, 3.05) is 0 Å². The lowest BCUT2D eigenvalue weighted by atomic mass is 10.1. The lowest BCUT2D eigenvalue weighted by Crippen LogP contribution is -1.87. The molecule has 1 aromatic carbocycles. The Bertz CT molecular complexity index is 386. The number of halogens is 1. The molecule has 0 nitrogen and oxygen atoms in total. The number of fused-ring (bicyclic) bond motifs is 1. The van der Waals surface area contributed by atoms with Crippen molar-refractivity contribution in [3.63, 3.8) is 0 Å². The summed E-state index contributed by atoms with van der Waals surface area (Å²) in [6.07, 6.45) is 6.20. The second kappa shape index (κ2) is 2.62. The Morgan fingerprint density at radius 3 is 2.77 bits per heavy atom. The normalized spacial score (nSPS) is 19.9. The highest BCUT2D eigenvalue weighted by Gasteiger charge is 2.29. The first-order chi connectivity index (χ1) is 6.34. The van der Waals surface area contributed by atoms with Gasteiger partial charge < -0.3 is 0 Å². The molecule has 1 saturated carbocycles. The molecule has 0 spiro atoms. The minimum atomic E-state index is 0.878. The molecular formula is C12H11Cl. The van der Waals surface area contributed by atoms with Crippen LogP contribution in [0.1, 0.15) is 24.0 Å². The van der Waals surface area contributed by atoms with E-state index in [1.54, 1.807) is 5.57 Å². The average molecular weight is 191 g/mol. The van der Waals surface area contributed by atoms with E-state index < -0.39 is 0 Å². The maximum atomic E-state index is 6.13. The van der Waals surface area contributed by atoms with Crippen LogP contribution >= 0.6 is 11.6 Å². The van der Waals surface area contributed by atoms with E-state index >= 15 is 0 Å². The third-order valence-corrected chi connectivity index (χ3v) is 3.33. The fourth-order valence-electron chi connectivity index (χ4n) is 2.07. The van der Waals surface area contributed by atoms with Crippen molar-refractivity contribution in [1.29, 1.82) is 0 Å². The first-order valence-electron chi connectivity index (χ1n) is 4.82. The molecule has 3 rings (SSSR count). The highest BCUT2D eigenvalue weighted by atomic mass is 35.5. The summed E-state index contributed by atoms with van der Waals surface area (Å²) in [6.45, 7) is 0. The van der Waals surface area contributed by atoms with Crippen molar-refractivity contribution >= 4 is 17.7 Å². The second-order valence-electron chi connectivity index (χ2n) is 3.98. The van der Waals surface area contributed by atoms with Gasteiger partial charge in [-0.3, -0.25) is 0 Å². The Balaban J connectivity index is 2.03. The van der Waals surface area contributed by atoms with E-state index in [0.717, 1.165) is 17.4 Å². The summed E-state index contributed by atoms with van der Waals surface area (Å²) in [6, 6.07) is 6.19. The third kappa shape index (κ3) is 1.21. The quantitative estimate of drug-likeness (QED) is 0.634. The summed E-state index contributed by atoms with van der Waals surface area (Å²) in [7, 11) is 0. The molecule has 0 aromatic heterocycles. The zero-order chi connectivity index (χ0) is 8.84. The van der Waals surface area contributed by atoms with E-state index in [1.165, 1.54) is 24.0 Å². The molecule has 0 unspecified atom stereocenters. The molecular weight excluding hydrogens is 180 g/mol. The average Bonchev–Trinajstić information content (AvgIpc) is 2.87. The minimum absolute atomic E-state index is 0.878. The maximum absolute atomic E-state index is 6.13. The van der Waals surface area contributed by atoms with Gasteiger partial charge in [0.15, 0.2) is 0 Å². The number of hydrogen-bond donors (Lipinski definition) is 0. The van der Waals surface area contributed by atoms with E-state index in [1.807, 2.05) is 12.1 Å². The van der Waals surface area contributed by atoms with E-state index in [4.69, 9.17) is 11.6 Å². The highest BCUT2D eigenvalue weighted by Crippen LogP contribution is 2.43. The molecule has 0 saturated heterocycles. The van der Waals surface area contributed by atoms with Gasteiger partial charge in [-0.1, -0.05) is 35.4 Å². The van der Waals surface area contributed by atoms with Gasteiger partial charge in [0.1, 0.15) is 0 Å². The molecule has 0 N–H and O–H groups in total. The Morgan fingerprint density at radius 2 is 2.08 bits per heavy atom. The van der Waals surface area contributed by atoms with Crippen molar-refractivity contribution in [3.8, 4) is 0 Å². The van der Waals surface area contributed by atoms with E-state index in [2.05, 4.69) is 12.1 Å². The van der Waals surface area contributed by atoms with Gasteiger partial charge in [0.05, 0.1) is 0 Å². The molecule has 0 amide bonds. The smallest absolute Gasteiger partial charge is 0.0447 e. The Kier molecular flexibility index (Phi) is 1.54. The summed E-state index contributed by atoms with van der Waals surface area (Å²) in [5.74, 6) is 0.878. The summed E-state index contributed by atoms with van der Waals surface area (Å²) < 4.78 is 0. The van der Waals surface area contributed by atoms with Crippen LogP contribution in [0.2, 0.25) is 5.02 Å². The predicted molar refractivity (Wildman–Crippen MR) is 55.9 cm³/mol. The lowest BCUT2D eigenvalue weighted by molar-refractivity contribution is 0.962. The molecule has 2 aliphatic rings. The molecule has 66 valence electrons. The van der Waals surface area contributed by atoms with Crippen molar-refractivity contribution in [1.82, 2.24) is 0 Å². The molecule has 1 fully saturated rings. The van der Waals surface area contributed by atoms with E-state index in [0.29, 0.717) is 0 Å². The highest BCUT2D eigenvalue weighted by molar-refractivity contribution is 6.31. The van der Waals surface area contributed by atoms with Gasteiger partial charge >= 0.3 is 0 Å². The number of rotatable bonds is 1. The molecule has 1 aromatic rings. The Hall–Kier alpha value is -0.750. The monoisotopic (exact) mass is 190 g/mol. The molecule has 13 heavy (non-hydrogen) atoms. The van der Waals surface area contributed by atoms with Crippen molar-refractivity contribution in [3.05, 3.63) is 39.9 Å². The topological polar surface area (TPSA) is 0 Å². The number of hydrogen-bond acceptors (Lipinski definition) is 0. The van der Waals surface area contributed by atoms with Crippen LogP contribution in [0.4, 0.5) is 0 Å². The van der Waals surface area contributed by atoms with E-state index in [9.17, 15) is 0 Å². The summed E-state index contributed by atoms with van der Waals surface area (Å²) in [4.78, 5) is 0. The first kappa shape index (κ1) is 7.64. The van der Waals surface area contributed by atoms with Gasteiger partial charge in [0, 0.05) is 5.02 Å². The van der Waals surface area contributed by atoms with Crippen LogP contribution in [-0.2, 0) is 6.42 Å². The largest absolute Gasteiger partial charge is 0.0840 e. The van der Waals surface area contributed by atoms with Gasteiger partial charge in [-0.05, 0) is 42.4 Å². The SMILES string of the molecule is Clc1cccc2c1CC(C1CC1)=C2. The molecule has 0 bridgehead atoms. The lowest BCUT2D eigenvalue weighted by Gasteiger charge is -2.00.